The Morgan fingerprint density at radius 2 is 1.90 bits per heavy atom. The standard InChI is InChI=1S/C8H17O2/c1-7(2)6-10-8(3)4-5-9/h7-8H,4-6H2,1-3H3. The van der Waals surface area contributed by atoms with Gasteiger partial charge in [0.15, 0.2) is 0 Å². The lowest BCUT2D eigenvalue weighted by Gasteiger charge is -2.12. The zero-order chi connectivity index (χ0) is 7.98. The van der Waals surface area contributed by atoms with Crippen LogP contribution in [0.15, 0.2) is 0 Å². The highest BCUT2D eigenvalue weighted by atomic mass is 16.5. The maximum Gasteiger partial charge on any atom is 0.0846 e. The first-order valence-corrected chi connectivity index (χ1v) is 3.86. The van der Waals surface area contributed by atoms with Crippen molar-refractivity contribution in [1.29, 1.82) is 0 Å². The number of ether oxygens (including phenoxy) is 1. The van der Waals surface area contributed by atoms with Crippen molar-refractivity contribution in [3.8, 4) is 0 Å². The molecule has 1 radical (unpaired) electrons. The van der Waals surface area contributed by atoms with Gasteiger partial charge in [-0.15, -0.1) is 0 Å². The van der Waals surface area contributed by atoms with Crippen molar-refractivity contribution >= 4 is 0 Å². The van der Waals surface area contributed by atoms with Gasteiger partial charge in [0.1, 0.15) is 0 Å². The van der Waals surface area contributed by atoms with E-state index in [4.69, 9.17) is 4.74 Å². The second-order valence-corrected chi connectivity index (χ2v) is 3.03. The topological polar surface area (TPSA) is 29.1 Å². The molecule has 1 atom stereocenters. The molecule has 0 aromatic heterocycles. The van der Waals surface area contributed by atoms with Crippen LogP contribution in [0, 0.1) is 5.92 Å². The lowest BCUT2D eigenvalue weighted by atomic mass is 10.2. The fourth-order valence-electron chi connectivity index (χ4n) is 0.606. The van der Waals surface area contributed by atoms with E-state index in [1.807, 2.05) is 6.92 Å². The molecule has 0 aliphatic carbocycles. The van der Waals surface area contributed by atoms with Gasteiger partial charge in [-0.3, -0.25) is 0 Å². The van der Waals surface area contributed by atoms with Gasteiger partial charge in [-0.05, 0) is 19.3 Å². The molecule has 61 valence electrons. The minimum Gasteiger partial charge on any atom is -0.378 e. The summed E-state index contributed by atoms with van der Waals surface area (Å²) in [5.41, 5.74) is 0. The van der Waals surface area contributed by atoms with Crippen molar-refractivity contribution in [2.75, 3.05) is 13.2 Å². The van der Waals surface area contributed by atoms with Crippen molar-refractivity contribution in [1.82, 2.24) is 0 Å². The van der Waals surface area contributed by atoms with E-state index >= 15 is 0 Å². The van der Waals surface area contributed by atoms with Crippen LogP contribution in [0.2, 0.25) is 0 Å². The minimum absolute atomic E-state index is 0.0285. The highest BCUT2D eigenvalue weighted by Crippen LogP contribution is 2.00. The molecule has 2 heteroatoms. The summed E-state index contributed by atoms with van der Waals surface area (Å²) in [6, 6.07) is 0. The van der Waals surface area contributed by atoms with Gasteiger partial charge in [0.05, 0.1) is 12.7 Å². The molecule has 0 saturated carbocycles. The van der Waals surface area contributed by atoms with E-state index in [1.165, 1.54) is 0 Å². The second-order valence-electron chi connectivity index (χ2n) is 3.03. The average Bonchev–Trinajstić information content (AvgIpc) is 1.85. The van der Waals surface area contributed by atoms with Gasteiger partial charge in [0, 0.05) is 6.61 Å². The summed E-state index contributed by atoms with van der Waals surface area (Å²) in [6.45, 7) is 6.88. The molecule has 0 aromatic rings. The maximum atomic E-state index is 10.1. The molecule has 0 spiro atoms. The summed E-state index contributed by atoms with van der Waals surface area (Å²) >= 11 is 0. The van der Waals surface area contributed by atoms with Crippen LogP contribution in [0.5, 0.6) is 0 Å². The zero-order valence-corrected chi connectivity index (χ0v) is 7.09. The van der Waals surface area contributed by atoms with Crippen molar-refractivity contribution in [2.24, 2.45) is 5.92 Å². The van der Waals surface area contributed by atoms with Crippen LogP contribution in [-0.2, 0) is 9.84 Å². The first-order chi connectivity index (χ1) is 4.66. The van der Waals surface area contributed by atoms with Gasteiger partial charge in [0.25, 0.3) is 0 Å². The van der Waals surface area contributed by atoms with Gasteiger partial charge in [-0.1, -0.05) is 13.8 Å². The van der Waals surface area contributed by atoms with Crippen molar-refractivity contribution in [3.05, 3.63) is 0 Å². The Hall–Kier alpha value is -0.0800. The van der Waals surface area contributed by atoms with Gasteiger partial charge >= 0.3 is 0 Å². The smallest absolute Gasteiger partial charge is 0.0846 e. The molecule has 0 fully saturated rings. The summed E-state index contributed by atoms with van der Waals surface area (Å²) in [5, 5.41) is 10.1. The third-order valence-electron chi connectivity index (χ3n) is 1.24. The molecule has 0 heterocycles. The summed E-state index contributed by atoms with van der Waals surface area (Å²) < 4.78 is 5.34. The van der Waals surface area contributed by atoms with Crippen LogP contribution in [-0.4, -0.2) is 19.3 Å². The van der Waals surface area contributed by atoms with Gasteiger partial charge in [0.2, 0.25) is 0 Å². The number of hydrogen-bond donors (Lipinski definition) is 0. The molecular formula is C8H17O2. The lowest BCUT2D eigenvalue weighted by Crippen LogP contribution is -2.13. The molecule has 0 aliphatic rings. The summed E-state index contributed by atoms with van der Waals surface area (Å²) in [5.74, 6) is 0.564. The van der Waals surface area contributed by atoms with E-state index in [-0.39, 0.29) is 12.7 Å². The van der Waals surface area contributed by atoms with E-state index in [0.717, 1.165) is 6.61 Å². The minimum atomic E-state index is -0.0285. The van der Waals surface area contributed by atoms with Crippen LogP contribution in [0.1, 0.15) is 27.2 Å². The Labute approximate surface area is 63.2 Å². The van der Waals surface area contributed by atoms with E-state index < -0.39 is 0 Å². The molecule has 0 aliphatic heterocycles. The summed E-state index contributed by atoms with van der Waals surface area (Å²) in [6.07, 6.45) is 0.770. The van der Waals surface area contributed by atoms with Gasteiger partial charge in [-0.25, -0.2) is 5.11 Å². The Kier molecular flexibility index (Phi) is 5.64. The quantitative estimate of drug-likeness (QED) is 0.580. The molecular weight excluding hydrogens is 128 g/mol. The number of rotatable bonds is 5. The Morgan fingerprint density at radius 3 is 2.30 bits per heavy atom. The second kappa shape index (κ2) is 5.69. The monoisotopic (exact) mass is 145 g/mol. The van der Waals surface area contributed by atoms with E-state index in [0.29, 0.717) is 12.3 Å². The average molecular weight is 145 g/mol. The molecule has 2 nitrogen and oxygen atoms in total. The largest absolute Gasteiger partial charge is 0.378 e. The van der Waals surface area contributed by atoms with E-state index in [2.05, 4.69) is 13.8 Å². The molecule has 0 amide bonds. The van der Waals surface area contributed by atoms with E-state index in [9.17, 15) is 5.11 Å². The fourth-order valence-corrected chi connectivity index (χ4v) is 0.606. The molecule has 1 unspecified atom stereocenters. The lowest BCUT2D eigenvalue weighted by molar-refractivity contribution is 0.0240. The highest BCUT2D eigenvalue weighted by Gasteiger charge is 2.01. The SMILES string of the molecule is CC(C)COC(C)CC[O]. The van der Waals surface area contributed by atoms with Crippen LogP contribution in [0.25, 0.3) is 0 Å². The molecule has 0 aromatic carbocycles. The number of hydrogen-bond acceptors (Lipinski definition) is 1. The van der Waals surface area contributed by atoms with Gasteiger partial charge in [-0.2, -0.15) is 0 Å². The van der Waals surface area contributed by atoms with Crippen LogP contribution < -0.4 is 0 Å². The normalized spacial score (nSPS) is 14.1. The van der Waals surface area contributed by atoms with Crippen LogP contribution >= 0.6 is 0 Å². The molecule has 10 heavy (non-hydrogen) atoms. The highest BCUT2D eigenvalue weighted by molar-refractivity contribution is 4.49. The third-order valence-corrected chi connectivity index (χ3v) is 1.24. The van der Waals surface area contributed by atoms with Crippen molar-refractivity contribution in [3.63, 3.8) is 0 Å². The predicted octanol–water partition coefficient (Wildman–Crippen LogP) is 1.87. The maximum absolute atomic E-state index is 10.1. The van der Waals surface area contributed by atoms with E-state index in [1.54, 1.807) is 0 Å². The van der Waals surface area contributed by atoms with Crippen LogP contribution in [0.3, 0.4) is 0 Å². The first-order valence-electron chi connectivity index (χ1n) is 3.86. The summed E-state index contributed by atoms with van der Waals surface area (Å²) in [4.78, 5) is 0. The predicted molar refractivity (Wildman–Crippen MR) is 40.4 cm³/mol. The molecule has 0 N–H and O–H groups in total. The molecule has 0 rings (SSSR count). The third kappa shape index (κ3) is 6.05. The summed E-state index contributed by atoms with van der Waals surface area (Å²) in [7, 11) is 0. The van der Waals surface area contributed by atoms with Crippen molar-refractivity contribution < 1.29 is 9.84 Å². The molecule has 0 bridgehead atoms. The Balaban J connectivity index is 3.12. The Morgan fingerprint density at radius 1 is 1.30 bits per heavy atom. The first kappa shape index (κ1) is 9.92. The fraction of sp³-hybridized carbons (Fsp3) is 1.00. The van der Waals surface area contributed by atoms with Crippen molar-refractivity contribution in [2.45, 2.75) is 33.3 Å². The Bertz CT molecular complexity index is 71.7. The van der Waals surface area contributed by atoms with Crippen LogP contribution in [0.4, 0.5) is 0 Å². The zero-order valence-electron chi connectivity index (χ0n) is 7.09. The molecule has 0 saturated heterocycles. The van der Waals surface area contributed by atoms with Gasteiger partial charge < -0.3 is 4.74 Å².